The van der Waals surface area contributed by atoms with Crippen LogP contribution in [0, 0.1) is 0 Å². The lowest BCUT2D eigenvalue weighted by Crippen LogP contribution is -2.42. The van der Waals surface area contributed by atoms with Gasteiger partial charge in [0.2, 0.25) is 0 Å². The Balaban J connectivity index is 2.00. The number of hydrogen-bond acceptors (Lipinski definition) is 3. The van der Waals surface area contributed by atoms with Crippen LogP contribution < -0.4 is 5.32 Å². The van der Waals surface area contributed by atoms with Crippen molar-refractivity contribution in [2.24, 2.45) is 0 Å². The summed E-state index contributed by atoms with van der Waals surface area (Å²) in [4.78, 5) is 0. The second-order valence-electron chi connectivity index (χ2n) is 5.01. The van der Waals surface area contributed by atoms with Gasteiger partial charge in [-0.25, -0.2) is 0 Å². The average Bonchev–Trinajstić information content (AvgIpc) is 2.93. The van der Waals surface area contributed by atoms with Crippen molar-refractivity contribution in [2.45, 2.75) is 52.2 Å². The summed E-state index contributed by atoms with van der Waals surface area (Å²) in [7, 11) is 0. The van der Waals surface area contributed by atoms with Crippen LogP contribution in [0.3, 0.4) is 0 Å². The second-order valence-corrected chi connectivity index (χ2v) is 5.01. The quantitative estimate of drug-likeness (QED) is 0.847. The number of nitrogens with one attached hydrogen (secondary N) is 1. The largest absolute Gasteiger partial charge is 0.379 e. The maximum Gasteiger partial charge on any atom is 0.0646 e. The molecule has 4 nitrogen and oxygen atoms in total. The fourth-order valence-corrected chi connectivity index (χ4v) is 2.21. The second kappa shape index (κ2) is 5.19. The molecule has 0 spiro atoms. The molecule has 0 aliphatic carbocycles. The van der Waals surface area contributed by atoms with Gasteiger partial charge in [-0.15, -0.1) is 0 Å². The SMILES string of the molecule is CCc1cc(CNC2(C)CCOC2)n(CC)n1. The first kappa shape index (κ1) is 12.6. The van der Waals surface area contributed by atoms with Crippen LogP contribution in [0.5, 0.6) is 0 Å². The van der Waals surface area contributed by atoms with E-state index in [2.05, 4.69) is 41.9 Å². The van der Waals surface area contributed by atoms with E-state index in [9.17, 15) is 0 Å². The molecule has 4 heteroatoms. The minimum atomic E-state index is 0.134. The van der Waals surface area contributed by atoms with E-state index >= 15 is 0 Å². The Labute approximate surface area is 103 Å². The zero-order valence-electron chi connectivity index (χ0n) is 11.1. The molecular formula is C13H23N3O. The molecular weight excluding hydrogens is 214 g/mol. The van der Waals surface area contributed by atoms with Crippen molar-refractivity contribution in [1.82, 2.24) is 15.1 Å². The smallest absolute Gasteiger partial charge is 0.0646 e. The van der Waals surface area contributed by atoms with Gasteiger partial charge in [-0.1, -0.05) is 6.92 Å². The number of aryl methyl sites for hydroxylation is 2. The van der Waals surface area contributed by atoms with E-state index in [4.69, 9.17) is 4.74 Å². The molecule has 0 amide bonds. The fraction of sp³-hybridized carbons (Fsp3) is 0.769. The third kappa shape index (κ3) is 2.87. The van der Waals surface area contributed by atoms with Crippen LogP contribution in [0.15, 0.2) is 6.07 Å². The van der Waals surface area contributed by atoms with Crippen molar-refractivity contribution in [2.75, 3.05) is 13.2 Å². The molecule has 1 N–H and O–H groups in total. The van der Waals surface area contributed by atoms with Gasteiger partial charge in [-0.3, -0.25) is 4.68 Å². The molecule has 1 atom stereocenters. The minimum Gasteiger partial charge on any atom is -0.379 e. The molecule has 1 aromatic heterocycles. The minimum absolute atomic E-state index is 0.134. The molecule has 0 saturated carbocycles. The highest BCUT2D eigenvalue weighted by Crippen LogP contribution is 2.18. The van der Waals surface area contributed by atoms with Crippen LogP contribution >= 0.6 is 0 Å². The predicted molar refractivity (Wildman–Crippen MR) is 68.0 cm³/mol. The fourth-order valence-electron chi connectivity index (χ4n) is 2.21. The van der Waals surface area contributed by atoms with Crippen molar-refractivity contribution in [3.05, 3.63) is 17.5 Å². The summed E-state index contributed by atoms with van der Waals surface area (Å²) in [6.45, 7) is 10.0. The van der Waals surface area contributed by atoms with Crippen LogP contribution in [0.2, 0.25) is 0 Å². The molecule has 2 rings (SSSR count). The lowest BCUT2D eigenvalue weighted by Gasteiger charge is -2.23. The highest BCUT2D eigenvalue weighted by atomic mass is 16.5. The monoisotopic (exact) mass is 237 g/mol. The van der Waals surface area contributed by atoms with Crippen molar-refractivity contribution < 1.29 is 4.74 Å². The Morgan fingerprint density at radius 2 is 2.35 bits per heavy atom. The first-order valence-electron chi connectivity index (χ1n) is 6.55. The van der Waals surface area contributed by atoms with Gasteiger partial charge in [0, 0.05) is 25.2 Å². The van der Waals surface area contributed by atoms with Crippen LogP contribution in [-0.2, 0) is 24.2 Å². The summed E-state index contributed by atoms with van der Waals surface area (Å²) in [5.74, 6) is 0. The summed E-state index contributed by atoms with van der Waals surface area (Å²) in [5.41, 5.74) is 2.59. The maximum absolute atomic E-state index is 5.45. The normalized spacial score (nSPS) is 24.4. The van der Waals surface area contributed by atoms with Crippen molar-refractivity contribution in [3.63, 3.8) is 0 Å². The van der Waals surface area contributed by atoms with Gasteiger partial charge in [-0.05, 0) is 32.8 Å². The highest BCUT2D eigenvalue weighted by Gasteiger charge is 2.29. The molecule has 1 saturated heterocycles. The van der Waals surface area contributed by atoms with Gasteiger partial charge in [0.05, 0.1) is 18.0 Å². The summed E-state index contributed by atoms with van der Waals surface area (Å²) >= 11 is 0. The van der Waals surface area contributed by atoms with Crippen LogP contribution in [-0.4, -0.2) is 28.5 Å². The molecule has 0 aromatic carbocycles. The Morgan fingerprint density at radius 1 is 1.53 bits per heavy atom. The first-order valence-corrected chi connectivity index (χ1v) is 6.55. The summed E-state index contributed by atoms with van der Waals surface area (Å²) in [6, 6.07) is 2.20. The predicted octanol–water partition coefficient (Wildman–Crippen LogP) is 1.73. The molecule has 1 fully saturated rings. The topological polar surface area (TPSA) is 39.1 Å². The van der Waals surface area contributed by atoms with Gasteiger partial charge in [0.15, 0.2) is 0 Å². The van der Waals surface area contributed by atoms with Crippen molar-refractivity contribution >= 4 is 0 Å². The highest BCUT2D eigenvalue weighted by molar-refractivity contribution is 5.11. The van der Waals surface area contributed by atoms with E-state index in [1.54, 1.807) is 0 Å². The summed E-state index contributed by atoms with van der Waals surface area (Å²) < 4.78 is 7.53. The van der Waals surface area contributed by atoms with Gasteiger partial charge in [0.25, 0.3) is 0 Å². The molecule has 0 radical (unpaired) electrons. The lowest BCUT2D eigenvalue weighted by molar-refractivity contribution is 0.171. The average molecular weight is 237 g/mol. The Bertz CT molecular complexity index is 367. The third-order valence-electron chi connectivity index (χ3n) is 3.49. The van der Waals surface area contributed by atoms with E-state index in [-0.39, 0.29) is 5.54 Å². The first-order chi connectivity index (χ1) is 8.17. The zero-order valence-corrected chi connectivity index (χ0v) is 11.1. The van der Waals surface area contributed by atoms with Crippen LogP contribution in [0.25, 0.3) is 0 Å². The van der Waals surface area contributed by atoms with Crippen LogP contribution in [0.1, 0.15) is 38.6 Å². The maximum atomic E-state index is 5.45. The van der Waals surface area contributed by atoms with E-state index < -0.39 is 0 Å². The van der Waals surface area contributed by atoms with E-state index in [1.807, 2.05) is 0 Å². The van der Waals surface area contributed by atoms with E-state index in [0.717, 1.165) is 39.1 Å². The lowest BCUT2D eigenvalue weighted by atomic mass is 10.0. The number of aromatic nitrogens is 2. The number of ether oxygens (including phenoxy) is 1. The van der Waals surface area contributed by atoms with Gasteiger partial charge >= 0.3 is 0 Å². The molecule has 1 unspecified atom stereocenters. The van der Waals surface area contributed by atoms with E-state index in [0.29, 0.717) is 0 Å². The Kier molecular flexibility index (Phi) is 3.84. The molecule has 1 aliphatic rings. The standard InChI is InChI=1S/C13H23N3O/c1-4-11-8-12(16(5-2)15-11)9-14-13(3)6-7-17-10-13/h8,14H,4-7,9-10H2,1-3H3. The third-order valence-corrected chi connectivity index (χ3v) is 3.49. The molecule has 17 heavy (non-hydrogen) atoms. The number of hydrogen-bond donors (Lipinski definition) is 1. The number of nitrogens with zero attached hydrogens (tertiary/aromatic N) is 2. The summed E-state index contributed by atoms with van der Waals surface area (Å²) in [5, 5.41) is 8.16. The van der Waals surface area contributed by atoms with Gasteiger partial charge < -0.3 is 10.1 Å². The number of rotatable bonds is 5. The van der Waals surface area contributed by atoms with E-state index in [1.165, 1.54) is 11.4 Å². The summed E-state index contributed by atoms with van der Waals surface area (Å²) in [6.07, 6.45) is 2.09. The molecule has 2 heterocycles. The zero-order chi connectivity index (χ0) is 12.3. The van der Waals surface area contributed by atoms with Crippen molar-refractivity contribution in [1.29, 1.82) is 0 Å². The molecule has 1 aromatic rings. The van der Waals surface area contributed by atoms with Gasteiger partial charge in [-0.2, -0.15) is 5.10 Å². The molecule has 1 aliphatic heterocycles. The Hall–Kier alpha value is -0.870. The molecule has 0 bridgehead atoms. The molecule has 96 valence electrons. The Morgan fingerprint density at radius 3 is 2.94 bits per heavy atom. The van der Waals surface area contributed by atoms with Crippen LogP contribution in [0.4, 0.5) is 0 Å². The van der Waals surface area contributed by atoms with Gasteiger partial charge in [0.1, 0.15) is 0 Å². The van der Waals surface area contributed by atoms with Crippen molar-refractivity contribution in [3.8, 4) is 0 Å².